The summed E-state index contributed by atoms with van der Waals surface area (Å²) in [6.07, 6.45) is 8.52. The third-order valence-corrected chi connectivity index (χ3v) is 5.26. The minimum atomic E-state index is -0.0214. The van der Waals surface area contributed by atoms with Gasteiger partial charge in [0.25, 0.3) is 0 Å². The van der Waals surface area contributed by atoms with E-state index < -0.39 is 0 Å². The molecule has 1 amide bonds. The highest BCUT2D eigenvalue weighted by molar-refractivity contribution is 14.0. The van der Waals surface area contributed by atoms with E-state index in [1.807, 2.05) is 12.1 Å². The summed E-state index contributed by atoms with van der Waals surface area (Å²) in [6, 6.07) is 8.04. The maximum Gasteiger partial charge on any atom is 0.243 e. The van der Waals surface area contributed by atoms with Crippen LogP contribution < -0.4 is 15.4 Å². The smallest absolute Gasteiger partial charge is 0.243 e. The summed E-state index contributed by atoms with van der Waals surface area (Å²) in [5.74, 6) is 1.50. The van der Waals surface area contributed by atoms with Crippen LogP contribution >= 0.6 is 24.0 Å². The Bertz CT molecular complexity index is 647. The number of hydrogen-bond acceptors (Lipinski definition) is 4. The highest BCUT2D eigenvalue weighted by Gasteiger charge is 2.13. The summed E-state index contributed by atoms with van der Waals surface area (Å²) in [4.78, 5) is 17.9. The van der Waals surface area contributed by atoms with Gasteiger partial charge in [-0.15, -0.1) is 24.0 Å². The third-order valence-electron chi connectivity index (χ3n) is 5.26. The van der Waals surface area contributed by atoms with Gasteiger partial charge in [0, 0.05) is 33.8 Å². The van der Waals surface area contributed by atoms with Crippen molar-refractivity contribution < 1.29 is 14.3 Å². The van der Waals surface area contributed by atoms with E-state index in [4.69, 9.17) is 9.47 Å². The summed E-state index contributed by atoms with van der Waals surface area (Å²) in [7, 11) is 5.15. The van der Waals surface area contributed by atoms with Gasteiger partial charge >= 0.3 is 0 Å². The van der Waals surface area contributed by atoms with Gasteiger partial charge in [0.1, 0.15) is 12.3 Å². The maximum absolute atomic E-state index is 11.9. The molecule has 1 aliphatic carbocycles. The molecule has 176 valence electrons. The quantitative estimate of drug-likeness (QED) is 0.193. The van der Waals surface area contributed by atoms with Crippen LogP contribution in [0, 0.1) is 0 Å². The summed E-state index contributed by atoms with van der Waals surface area (Å²) >= 11 is 0. The number of amides is 1. The van der Waals surface area contributed by atoms with E-state index in [-0.39, 0.29) is 36.4 Å². The average molecular weight is 546 g/mol. The molecule has 0 atom stereocenters. The minimum Gasteiger partial charge on any atom is -0.497 e. The molecule has 2 N–H and O–H groups in total. The van der Waals surface area contributed by atoms with Crippen LogP contribution in [0.4, 0.5) is 0 Å². The van der Waals surface area contributed by atoms with E-state index >= 15 is 0 Å². The lowest BCUT2D eigenvalue weighted by Gasteiger charge is -2.22. The van der Waals surface area contributed by atoms with Crippen molar-refractivity contribution in [1.29, 1.82) is 0 Å². The second-order valence-electron chi connectivity index (χ2n) is 7.89. The molecule has 7 nitrogen and oxygen atoms in total. The lowest BCUT2D eigenvalue weighted by molar-refractivity contribution is -0.127. The van der Waals surface area contributed by atoms with Crippen molar-refractivity contribution in [3.63, 3.8) is 0 Å². The van der Waals surface area contributed by atoms with Gasteiger partial charge in [0.05, 0.1) is 13.2 Å². The molecule has 0 radical (unpaired) electrons. The van der Waals surface area contributed by atoms with E-state index in [1.54, 1.807) is 26.1 Å². The number of benzene rings is 1. The fourth-order valence-corrected chi connectivity index (χ4v) is 3.34. The molecule has 1 saturated carbocycles. The van der Waals surface area contributed by atoms with Crippen molar-refractivity contribution in [2.45, 2.75) is 51.0 Å². The third kappa shape index (κ3) is 11.6. The van der Waals surface area contributed by atoms with Crippen molar-refractivity contribution in [3.8, 4) is 5.75 Å². The van der Waals surface area contributed by atoms with E-state index in [9.17, 15) is 4.79 Å². The summed E-state index contributed by atoms with van der Waals surface area (Å²) in [5, 5.41) is 6.65. The molecule has 8 heteroatoms. The predicted molar refractivity (Wildman–Crippen MR) is 137 cm³/mol. The lowest BCUT2D eigenvalue weighted by atomic mass is 9.98. The van der Waals surface area contributed by atoms with E-state index in [1.165, 1.54) is 37.7 Å². The number of aliphatic imine (C=N–C) groups is 1. The number of carbonyl (C=O) groups is 1. The Hall–Kier alpha value is -1.55. The number of likely N-dealkylation sites (N-methyl/N-ethyl adjacent to an activating group) is 1. The summed E-state index contributed by atoms with van der Waals surface area (Å²) in [5.41, 5.74) is 1.22. The highest BCUT2D eigenvalue weighted by atomic mass is 127. The zero-order chi connectivity index (χ0) is 21.6. The second-order valence-corrected chi connectivity index (χ2v) is 7.89. The number of rotatable bonds is 11. The number of nitrogens with one attached hydrogen (secondary N) is 2. The predicted octanol–water partition coefficient (Wildman–Crippen LogP) is 3.22. The first-order valence-corrected chi connectivity index (χ1v) is 11.1. The number of ether oxygens (including phenoxy) is 2. The zero-order valence-electron chi connectivity index (χ0n) is 19.2. The first-order valence-electron chi connectivity index (χ1n) is 11.1. The monoisotopic (exact) mass is 546 g/mol. The van der Waals surface area contributed by atoms with Gasteiger partial charge in [0.15, 0.2) is 5.96 Å². The van der Waals surface area contributed by atoms with Crippen LogP contribution in [-0.2, 0) is 16.0 Å². The highest BCUT2D eigenvalue weighted by Crippen LogP contribution is 2.20. The number of methoxy groups -OCH3 is 1. The van der Waals surface area contributed by atoms with Gasteiger partial charge in [-0.25, -0.2) is 4.99 Å². The first kappa shape index (κ1) is 27.5. The molecule has 0 saturated heterocycles. The van der Waals surface area contributed by atoms with Crippen molar-refractivity contribution in [1.82, 2.24) is 15.5 Å². The van der Waals surface area contributed by atoms with Crippen LogP contribution in [0.1, 0.15) is 44.1 Å². The Morgan fingerprint density at radius 2 is 1.77 bits per heavy atom. The Morgan fingerprint density at radius 3 is 2.42 bits per heavy atom. The Morgan fingerprint density at radius 1 is 1.10 bits per heavy atom. The SMILES string of the molecule is COc1ccc(CCNC(=NCC(=O)N(C)C)NCCCOC2CCCCC2)cc1.I. The van der Waals surface area contributed by atoms with Crippen LogP contribution in [0.5, 0.6) is 5.75 Å². The maximum atomic E-state index is 11.9. The largest absolute Gasteiger partial charge is 0.497 e. The van der Waals surface area contributed by atoms with Crippen LogP contribution in [0.3, 0.4) is 0 Å². The topological polar surface area (TPSA) is 75.2 Å². The fourth-order valence-electron chi connectivity index (χ4n) is 3.34. The standard InChI is InChI=1S/C23H38N4O3.HI/c1-27(2)22(28)18-26-23(24-15-7-17-30-21-8-5-4-6-9-21)25-16-14-19-10-12-20(29-3)13-11-19;/h10-13,21H,4-9,14-18H2,1-3H3,(H2,24,25,26);1H. The average Bonchev–Trinajstić information content (AvgIpc) is 2.77. The van der Waals surface area contributed by atoms with E-state index in [2.05, 4.69) is 27.8 Å². The molecule has 0 spiro atoms. The van der Waals surface area contributed by atoms with Gasteiger partial charge in [-0.3, -0.25) is 4.79 Å². The normalized spacial score (nSPS) is 14.5. The van der Waals surface area contributed by atoms with Crippen molar-refractivity contribution in [2.24, 2.45) is 4.99 Å². The summed E-state index contributed by atoms with van der Waals surface area (Å²) < 4.78 is 11.2. The van der Waals surface area contributed by atoms with Crippen molar-refractivity contribution in [3.05, 3.63) is 29.8 Å². The lowest BCUT2D eigenvalue weighted by Crippen LogP contribution is -2.40. The molecular weight excluding hydrogens is 507 g/mol. The van der Waals surface area contributed by atoms with Crippen LogP contribution in [0.25, 0.3) is 0 Å². The minimum absolute atomic E-state index is 0. The molecule has 1 fully saturated rings. The molecule has 0 heterocycles. The van der Waals surface area contributed by atoms with Crippen LogP contribution in [0.2, 0.25) is 0 Å². The number of carbonyl (C=O) groups excluding carboxylic acids is 1. The molecule has 1 aromatic rings. The summed E-state index contributed by atoms with van der Waals surface area (Å²) in [6.45, 7) is 2.38. The van der Waals surface area contributed by atoms with Crippen molar-refractivity contribution in [2.75, 3.05) is 47.4 Å². The zero-order valence-corrected chi connectivity index (χ0v) is 21.5. The first-order chi connectivity index (χ1) is 14.6. The second kappa shape index (κ2) is 16.1. The van der Waals surface area contributed by atoms with Gasteiger partial charge < -0.3 is 25.0 Å². The number of nitrogens with zero attached hydrogens (tertiary/aromatic N) is 2. The molecule has 0 unspecified atom stereocenters. The van der Waals surface area contributed by atoms with E-state index in [0.29, 0.717) is 12.1 Å². The Labute approximate surface area is 204 Å². The molecule has 2 rings (SSSR count). The van der Waals surface area contributed by atoms with Crippen LogP contribution in [-0.4, -0.2) is 70.3 Å². The number of hydrogen-bond donors (Lipinski definition) is 2. The van der Waals surface area contributed by atoms with Gasteiger partial charge in [-0.05, 0) is 43.4 Å². The number of guanidine groups is 1. The molecular formula is C23H39IN4O3. The number of halogens is 1. The van der Waals surface area contributed by atoms with E-state index in [0.717, 1.165) is 38.3 Å². The van der Waals surface area contributed by atoms with Gasteiger partial charge in [-0.2, -0.15) is 0 Å². The Balaban J connectivity index is 0.00000480. The molecule has 0 bridgehead atoms. The molecule has 31 heavy (non-hydrogen) atoms. The molecule has 0 aromatic heterocycles. The molecule has 0 aliphatic heterocycles. The molecule has 1 aliphatic rings. The van der Waals surface area contributed by atoms with Gasteiger partial charge in [-0.1, -0.05) is 31.4 Å². The molecule has 1 aromatic carbocycles. The van der Waals surface area contributed by atoms with Crippen molar-refractivity contribution >= 4 is 35.8 Å². The fraction of sp³-hybridized carbons (Fsp3) is 0.652. The van der Waals surface area contributed by atoms with Crippen LogP contribution in [0.15, 0.2) is 29.3 Å². The Kier molecular flexibility index (Phi) is 14.3. The van der Waals surface area contributed by atoms with Gasteiger partial charge in [0.2, 0.25) is 5.91 Å².